The van der Waals surface area contributed by atoms with Crippen LogP contribution in [0.1, 0.15) is 23.2 Å². The smallest absolute Gasteiger partial charge is 0.311 e. The lowest BCUT2D eigenvalue weighted by atomic mass is 10.1. The maximum Gasteiger partial charge on any atom is 0.311 e. The van der Waals surface area contributed by atoms with E-state index in [0.717, 1.165) is 0 Å². The molecule has 21 heavy (non-hydrogen) atoms. The third kappa shape index (κ3) is 3.22. The Bertz CT molecular complexity index is 662. The van der Waals surface area contributed by atoms with Gasteiger partial charge >= 0.3 is 5.97 Å². The Morgan fingerprint density at radius 2 is 1.81 bits per heavy atom. The molecular weight excluding hydrogens is 296 g/mol. The normalized spacial score (nSPS) is 16.2. The maximum absolute atomic E-state index is 11.9. The number of hydrogen-bond donors (Lipinski definition) is 3. The van der Waals surface area contributed by atoms with Crippen molar-refractivity contribution in [2.75, 3.05) is 13.6 Å². The van der Waals surface area contributed by atoms with Crippen molar-refractivity contribution in [3.05, 3.63) is 29.8 Å². The van der Waals surface area contributed by atoms with Crippen molar-refractivity contribution in [1.29, 1.82) is 0 Å². The summed E-state index contributed by atoms with van der Waals surface area (Å²) in [6.07, 6.45) is 1.12. The summed E-state index contributed by atoms with van der Waals surface area (Å²) >= 11 is 0. The van der Waals surface area contributed by atoms with Gasteiger partial charge in [-0.1, -0.05) is 0 Å². The summed E-state index contributed by atoms with van der Waals surface area (Å²) in [5.74, 6) is -1.32. The molecule has 1 aliphatic carbocycles. The standard InChI is InChI=1S/C13H16N2O5S/c1-14-21(19,20)10-4-2-9(3-5-10)11(16)15-8-13(6-7-13)12(17)18/h2-5,14H,6-8H2,1H3,(H,15,16)(H,17,18). The minimum absolute atomic E-state index is 0.0609. The zero-order valence-corrected chi connectivity index (χ0v) is 12.2. The molecule has 1 saturated carbocycles. The van der Waals surface area contributed by atoms with E-state index in [2.05, 4.69) is 10.0 Å². The second kappa shape index (κ2) is 5.45. The summed E-state index contributed by atoms with van der Waals surface area (Å²) < 4.78 is 25.3. The molecule has 3 N–H and O–H groups in total. The zero-order chi connectivity index (χ0) is 15.7. The van der Waals surface area contributed by atoms with E-state index < -0.39 is 27.3 Å². The van der Waals surface area contributed by atoms with Crippen LogP contribution in [0.2, 0.25) is 0 Å². The van der Waals surface area contributed by atoms with E-state index in [1.54, 1.807) is 0 Å². The maximum atomic E-state index is 11.9. The van der Waals surface area contributed by atoms with Crippen molar-refractivity contribution in [1.82, 2.24) is 10.0 Å². The van der Waals surface area contributed by atoms with E-state index in [1.165, 1.54) is 31.3 Å². The molecule has 1 aliphatic rings. The van der Waals surface area contributed by atoms with E-state index >= 15 is 0 Å². The number of sulfonamides is 1. The first-order chi connectivity index (χ1) is 9.81. The fraction of sp³-hybridized carbons (Fsp3) is 0.385. The van der Waals surface area contributed by atoms with Crippen LogP contribution in [0.5, 0.6) is 0 Å². The van der Waals surface area contributed by atoms with Gasteiger partial charge in [0.1, 0.15) is 0 Å². The molecule has 2 rings (SSSR count). The first-order valence-electron chi connectivity index (χ1n) is 6.36. The van der Waals surface area contributed by atoms with Crippen LogP contribution in [0.15, 0.2) is 29.2 Å². The van der Waals surface area contributed by atoms with Crippen LogP contribution in [-0.4, -0.2) is 39.0 Å². The second-order valence-electron chi connectivity index (χ2n) is 5.00. The molecule has 0 radical (unpaired) electrons. The number of hydrogen-bond acceptors (Lipinski definition) is 4. The van der Waals surface area contributed by atoms with Gasteiger partial charge in [0.25, 0.3) is 5.91 Å². The monoisotopic (exact) mass is 312 g/mol. The minimum atomic E-state index is -3.54. The summed E-state index contributed by atoms with van der Waals surface area (Å²) in [4.78, 5) is 23.0. The molecule has 114 valence electrons. The summed E-state index contributed by atoms with van der Waals surface area (Å²) in [6.45, 7) is 0.0811. The molecule has 0 bridgehead atoms. The summed E-state index contributed by atoms with van der Waals surface area (Å²) in [5.41, 5.74) is -0.545. The Hall–Kier alpha value is -1.93. The molecule has 0 saturated heterocycles. The van der Waals surface area contributed by atoms with E-state index in [0.29, 0.717) is 12.8 Å². The molecule has 0 aromatic heterocycles. The average Bonchev–Trinajstić information content (AvgIpc) is 3.26. The van der Waals surface area contributed by atoms with Crippen LogP contribution in [0, 0.1) is 5.41 Å². The summed E-state index contributed by atoms with van der Waals surface area (Å²) in [6, 6.07) is 5.43. The fourth-order valence-corrected chi connectivity index (χ4v) is 2.60. The van der Waals surface area contributed by atoms with Crippen molar-refractivity contribution in [3.63, 3.8) is 0 Å². The molecule has 1 amide bonds. The molecule has 1 fully saturated rings. The van der Waals surface area contributed by atoms with E-state index in [-0.39, 0.29) is 17.0 Å². The van der Waals surface area contributed by atoms with Gasteiger partial charge in [0, 0.05) is 12.1 Å². The van der Waals surface area contributed by atoms with E-state index in [4.69, 9.17) is 5.11 Å². The number of carbonyl (C=O) groups is 2. The van der Waals surface area contributed by atoms with Gasteiger partial charge in [0.2, 0.25) is 10.0 Å². The minimum Gasteiger partial charge on any atom is -0.481 e. The third-order valence-corrected chi connectivity index (χ3v) is 5.02. The second-order valence-corrected chi connectivity index (χ2v) is 6.89. The van der Waals surface area contributed by atoms with Crippen LogP contribution in [-0.2, 0) is 14.8 Å². The molecule has 0 heterocycles. The molecule has 0 atom stereocenters. The van der Waals surface area contributed by atoms with Crippen molar-refractivity contribution in [3.8, 4) is 0 Å². The van der Waals surface area contributed by atoms with Gasteiger partial charge in [-0.25, -0.2) is 13.1 Å². The topological polar surface area (TPSA) is 113 Å². The number of rotatable bonds is 6. The number of amides is 1. The van der Waals surface area contributed by atoms with Crippen LogP contribution >= 0.6 is 0 Å². The fourth-order valence-electron chi connectivity index (χ4n) is 1.87. The van der Waals surface area contributed by atoms with Gasteiger partial charge in [0.05, 0.1) is 10.3 Å². The van der Waals surface area contributed by atoms with Gasteiger partial charge in [-0.2, -0.15) is 0 Å². The number of benzene rings is 1. The van der Waals surface area contributed by atoms with Crippen LogP contribution < -0.4 is 10.0 Å². The molecule has 1 aromatic carbocycles. The molecule has 7 nitrogen and oxygen atoms in total. The largest absolute Gasteiger partial charge is 0.481 e. The number of aliphatic carboxylic acids is 1. The lowest BCUT2D eigenvalue weighted by Gasteiger charge is -2.11. The Kier molecular flexibility index (Phi) is 4.02. The van der Waals surface area contributed by atoms with Crippen molar-refractivity contribution < 1.29 is 23.1 Å². The Morgan fingerprint density at radius 3 is 2.24 bits per heavy atom. The Morgan fingerprint density at radius 1 is 1.24 bits per heavy atom. The van der Waals surface area contributed by atoms with Crippen LogP contribution in [0.25, 0.3) is 0 Å². The first kappa shape index (κ1) is 15.5. The van der Waals surface area contributed by atoms with Gasteiger partial charge in [-0.05, 0) is 44.2 Å². The molecular formula is C13H16N2O5S. The lowest BCUT2D eigenvalue weighted by molar-refractivity contribution is -0.143. The van der Waals surface area contributed by atoms with Gasteiger partial charge in [-0.15, -0.1) is 0 Å². The quantitative estimate of drug-likeness (QED) is 0.694. The average molecular weight is 312 g/mol. The highest BCUT2D eigenvalue weighted by molar-refractivity contribution is 7.89. The van der Waals surface area contributed by atoms with Crippen LogP contribution in [0.4, 0.5) is 0 Å². The number of carboxylic acids is 1. The lowest BCUT2D eigenvalue weighted by Crippen LogP contribution is -2.34. The van der Waals surface area contributed by atoms with E-state index in [9.17, 15) is 18.0 Å². The highest BCUT2D eigenvalue weighted by Crippen LogP contribution is 2.45. The molecule has 1 aromatic rings. The molecule has 0 aliphatic heterocycles. The van der Waals surface area contributed by atoms with Crippen LogP contribution in [0.3, 0.4) is 0 Å². The number of nitrogens with one attached hydrogen (secondary N) is 2. The number of carbonyl (C=O) groups excluding carboxylic acids is 1. The van der Waals surface area contributed by atoms with Gasteiger partial charge in [-0.3, -0.25) is 9.59 Å². The highest BCUT2D eigenvalue weighted by Gasteiger charge is 2.50. The van der Waals surface area contributed by atoms with E-state index in [1.807, 2.05) is 0 Å². The predicted molar refractivity (Wildman–Crippen MR) is 74.3 cm³/mol. The van der Waals surface area contributed by atoms with Crippen molar-refractivity contribution >= 4 is 21.9 Å². The van der Waals surface area contributed by atoms with Gasteiger partial charge < -0.3 is 10.4 Å². The molecule has 0 unspecified atom stereocenters. The third-order valence-electron chi connectivity index (χ3n) is 3.59. The van der Waals surface area contributed by atoms with Crippen molar-refractivity contribution in [2.24, 2.45) is 5.41 Å². The Balaban J connectivity index is 2.02. The molecule has 8 heteroatoms. The van der Waals surface area contributed by atoms with Gasteiger partial charge in [0.15, 0.2) is 0 Å². The highest BCUT2D eigenvalue weighted by atomic mass is 32.2. The SMILES string of the molecule is CNS(=O)(=O)c1ccc(C(=O)NCC2(C(=O)O)CC2)cc1. The number of carboxylic acid groups (broad SMARTS) is 1. The zero-order valence-electron chi connectivity index (χ0n) is 11.4. The summed E-state index contributed by atoms with van der Waals surface area (Å²) in [7, 11) is -2.23. The Labute approximate surface area is 122 Å². The predicted octanol–water partition coefficient (Wildman–Crippen LogP) is 0.189. The first-order valence-corrected chi connectivity index (χ1v) is 7.84. The van der Waals surface area contributed by atoms with Crippen molar-refractivity contribution in [2.45, 2.75) is 17.7 Å². The summed E-state index contributed by atoms with van der Waals surface area (Å²) in [5, 5.41) is 11.6. The molecule has 0 spiro atoms.